The third-order valence-electron chi connectivity index (χ3n) is 3.11. The van der Waals surface area contributed by atoms with E-state index in [-0.39, 0.29) is 5.41 Å². The van der Waals surface area contributed by atoms with Crippen LogP contribution < -0.4 is 0 Å². The molecular formula is C14H16N4OS. The van der Waals surface area contributed by atoms with Crippen LogP contribution in [0.4, 0.5) is 0 Å². The molecule has 3 aromatic rings. The lowest BCUT2D eigenvalue weighted by Gasteiger charge is -2.13. The molecule has 0 atom stereocenters. The first-order valence-corrected chi connectivity index (χ1v) is 7.20. The van der Waals surface area contributed by atoms with Crippen molar-refractivity contribution in [1.29, 1.82) is 0 Å². The van der Waals surface area contributed by atoms with Crippen molar-refractivity contribution in [2.75, 3.05) is 0 Å². The molecule has 0 aliphatic rings. The third kappa shape index (κ3) is 2.06. The average molecular weight is 288 g/mol. The first-order chi connectivity index (χ1) is 9.36. The number of hydrogen-bond donors (Lipinski definition) is 1. The average Bonchev–Trinajstić information content (AvgIpc) is 2.90. The third-order valence-corrected chi connectivity index (χ3v) is 4.05. The van der Waals surface area contributed by atoms with Gasteiger partial charge in [0.25, 0.3) is 0 Å². The van der Waals surface area contributed by atoms with Crippen LogP contribution in [-0.2, 0) is 5.41 Å². The summed E-state index contributed by atoms with van der Waals surface area (Å²) < 4.78 is 1.81. The molecule has 5 nitrogen and oxygen atoms in total. The molecule has 2 heterocycles. The largest absolute Gasteiger partial charge is 0.508 e. The summed E-state index contributed by atoms with van der Waals surface area (Å²) in [4.78, 5) is 0.788. The number of aromatic nitrogens is 4. The maximum absolute atomic E-state index is 9.60. The molecule has 0 saturated heterocycles. The number of aryl methyl sites for hydroxylation is 1. The van der Waals surface area contributed by atoms with Crippen molar-refractivity contribution in [3.05, 3.63) is 29.6 Å². The number of benzene rings is 1. The summed E-state index contributed by atoms with van der Waals surface area (Å²) in [7, 11) is 0. The minimum Gasteiger partial charge on any atom is -0.508 e. The molecule has 20 heavy (non-hydrogen) atoms. The molecule has 2 aromatic heterocycles. The van der Waals surface area contributed by atoms with Gasteiger partial charge < -0.3 is 5.11 Å². The topological polar surface area (TPSA) is 63.3 Å². The Bertz CT molecular complexity index is 782. The van der Waals surface area contributed by atoms with E-state index in [1.807, 2.05) is 23.6 Å². The van der Waals surface area contributed by atoms with Crippen molar-refractivity contribution >= 4 is 16.3 Å². The zero-order chi connectivity index (χ0) is 14.5. The fourth-order valence-corrected chi connectivity index (χ4v) is 2.83. The molecule has 6 heteroatoms. The second-order valence-corrected chi connectivity index (χ2v) is 6.83. The first-order valence-electron chi connectivity index (χ1n) is 6.39. The van der Waals surface area contributed by atoms with Crippen LogP contribution >= 0.6 is 11.3 Å². The van der Waals surface area contributed by atoms with Crippen LogP contribution in [0.1, 0.15) is 32.2 Å². The highest BCUT2D eigenvalue weighted by Crippen LogP contribution is 2.30. The second kappa shape index (κ2) is 4.28. The Morgan fingerprint density at radius 1 is 1.20 bits per heavy atom. The highest BCUT2D eigenvalue weighted by Gasteiger charge is 2.23. The fourth-order valence-electron chi connectivity index (χ4n) is 1.99. The van der Waals surface area contributed by atoms with E-state index in [0.717, 1.165) is 26.9 Å². The normalized spacial score (nSPS) is 12.2. The van der Waals surface area contributed by atoms with Crippen LogP contribution in [0.2, 0.25) is 0 Å². The van der Waals surface area contributed by atoms with Gasteiger partial charge in [0, 0.05) is 11.0 Å². The van der Waals surface area contributed by atoms with Crippen LogP contribution in [0.25, 0.3) is 15.5 Å². The second-order valence-electron chi connectivity index (χ2n) is 5.88. The number of phenols is 1. The lowest BCUT2D eigenvalue weighted by Crippen LogP contribution is -2.16. The Morgan fingerprint density at radius 3 is 2.60 bits per heavy atom. The highest BCUT2D eigenvalue weighted by molar-refractivity contribution is 7.19. The number of phenolic OH excluding ortho intramolecular Hbond substituents is 1. The van der Waals surface area contributed by atoms with Crippen LogP contribution in [0.3, 0.4) is 0 Å². The van der Waals surface area contributed by atoms with E-state index >= 15 is 0 Å². The maximum Gasteiger partial charge on any atom is 0.235 e. The maximum atomic E-state index is 9.60. The zero-order valence-corrected chi connectivity index (χ0v) is 12.7. The van der Waals surface area contributed by atoms with Crippen molar-refractivity contribution in [2.45, 2.75) is 33.1 Å². The van der Waals surface area contributed by atoms with Gasteiger partial charge in [-0.05, 0) is 30.7 Å². The first kappa shape index (κ1) is 13.1. The molecule has 0 amide bonds. The van der Waals surface area contributed by atoms with E-state index in [9.17, 15) is 5.11 Å². The van der Waals surface area contributed by atoms with E-state index in [1.54, 1.807) is 6.07 Å². The number of rotatable bonds is 1. The van der Waals surface area contributed by atoms with Gasteiger partial charge in [-0.2, -0.15) is 9.61 Å². The van der Waals surface area contributed by atoms with E-state index in [2.05, 4.69) is 36.1 Å². The SMILES string of the molecule is Cc1cc(-c2nn3c(C(C)(C)C)nnc3s2)ccc1O. The monoisotopic (exact) mass is 288 g/mol. The minimum absolute atomic E-state index is 0.102. The molecule has 1 N–H and O–H groups in total. The Hall–Kier alpha value is -1.95. The van der Waals surface area contributed by atoms with Crippen molar-refractivity contribution in [1.82, 2.24) is 19.8 Å². The smallest absolute Gasteiger partial charge is 0.235 e. The lowest BCUT2D eigenvalue weighted by atomic mass is 9.96. The molecule has 3 rings (SSSR count). The molecule has 104 valence electrons. The Morgan fingerprint density at radius 2 is 1.95 bits per heavy atom. The number of nitrogens with zero attached hydrogens (tertiary/aromatic N) is 4. The van der Waals surface area contributed by atoms with Crippen molar-refractivity contribution in [2.24, 2.45) is 0 Å². The number of aromatic hydroxyl groups is 1. The molecular weight excluding hydrogens is 272 g/mol. The molecule has 1 aromatic carbocycles. The van der Waals surface area contributed by atoms with Crippen molar-refractivity contribution in [3.8, 4) is 16.3 Å². The van der Waals surface area contributed by atoms with Gasteiger partial charge in [0.2, 0.25) is 4.96 Å². The molecule has 0 bridgehead atoms. The molecule has 0 radical (unpaired) electrons. The van der Waals surface area contributed by atoms with Crippen molar-refractivity contribution in [3.63, 3.8) is 0 Å². The Labute approximate surface area is 120 Å². The molecule has 0 aliphatic heterocycles. The molecule has 0 saturated carbocycles. The van der Waals surface area contributed by atoms with Gasteiger partial charge in [-0.25, -0.2) is 0 Å². The number of fused-ring (bicyclic) bond motifs is 1. The predicted octanol–water partition coefficient (Wildman–Crippen LogP) is 3.16. The van der Waals surface area contributed by atoms with Gasteiger partial charge in [-0.3, -0.25) is 0 Å². The summed E-state index contributed by atoms with van der Waals surface area (Å²) in [5.74, 6) is 1.15. The van der Waals surface area contributed by atoms with Crippen LogP contribution in [0, 0.1) is 6.92 Å². The van der Waals surface area contributed by atoms with E-state index in [1.165, 1.54) is 11.3 Å². The highest BCUT2D eigenvalue weighted by atomic mass is 32.1. The molecule has 0 unspecified atom stereocenters. The Kier molecular flexibility index (Phi) is 2.79. The summed E-state index contributed by atoms with van der Waals surface area (Å²) in [5.41, 5.74) is 1.72. The van der Waals surface area contributed by atoms with Gasteiger partial charge in [-0.15, -0.1) is 10.2 Å². The van der Waals surface area contributed by atoms with Crippen LogP contribution in [-0.4, -0.2) is 24.9 Å². The molecule has 0 fully saturated rings. The molecule has 0 spiro atoms. The van der Waals surface area contributed by atoms with Crippen molar-refractivity contribution < 1.29 is 5.11 Å². The predicted molar refractivity (Wildman–Crippen MR) is 79.2 cm³/mol. The van der Waals surface area contributed by atoms with E-state index in [0.29, 0.717) is 5.75 Å². The summed E-state index contributed by atoms with van der Waals surface area (Å²) >= 11 is 1.50. The zero-order valence-electron chi connectivity index (χ0n) is 11.9. The lowest BCUT2D eigenvalue weighted by molar-refractivity contribution is 0.471. The fraction of sp³-hybridized carbons (Fsp3) is 0.357. The standard InChI is InChI=1S/C14H16N4OS/c1-8-7-9(5-6-10(8)19)11-17-18-12(14(2,3)4)15-16-13(18)20-11/h5-7,19H,1-4H3. The van der Waals surface area contributed by atoms with Crippen LogP contribution in [0.5, 0.6) is 5.75 Å². The quantitative estimate of drug-likeness (QED) is 0.747. The van der Waals surface area contributed by atoms with E-state index < -0.39 is 0 Å². The summed E-state index contributed by atoms with van der Waals surface area (Å²) in [6.07, 6.45) is 0. The number of hydrogen-bond acceptors (Lipinski definition) is 5. The van der Waals surface area contributed by atoms with Gasteiger partial charge in [0.1, 0.15) is 10.8 Å². The van der Waals surface area contributed by atoms with Gasteiger partial charge in [0.05, 0.1) is 0 Å². The molecule has 0 aliphatic carbocycles. The minimum atomic E-state index is -0.102. The summed E-state index contributed by atoms with van der Waals surface area (Å²) in [6.45, 7) is 8.15. The summed E-state index contributed by atoms with van der Waals surface area (Å²) in [6, 6.07) is 5.49. The van der Waals surface area contributed by atoms with Crippen LogP contribution in [0.15, 0.2) is 18.2 Å². The van der Waals surface area contributed by atoms with Gasteiger partial charge in [0.15, 0.2) is 5.82 Å². The Balaban J connectivity index is 2.14. The van der Waals surface area contributed by atoms with Gasteiger partial charge in [-0.1, -0.05) is 32.1 Å². The van der Waals surface area contributed by atoms with E-state index in [4.69, 9.17) is 0 Å². The summed E-state index contributed by atoms with van der Waals surface area (Å²) in [5, 5.41) is 23.5. The van der Waals surface area contributed by atoms with Gasteiger partial charge >= 0.3 is 0 Å².